The summed E-state index contributed by atoms with van der Waals surface area (Å²) in [6, 6.07) is 18.7. The largest absolute Gasteiger partial charge is 0.494 e. The summed E-state index contributed by atoms with van der Waals surface area (Å²) in [5, 5.41) is 2.30. The van der Waals surface area contributed by atoms with E-state index >= 15 is 0 Å². The minimum atomic E-state index is 0.791. The number of ether oxygens (including phenoxy) is 1. The lowest BCUT2D eigenvalue weighted by atomic mass is 10.1. The summed E-state index contributed by atoms with van der Waals surface area (Å²) < 4.78 is 14.2. The van der Waals surface area contributed by atoms with E-state index < -0.39 is 0 Å². The van der Waals surface area contributed by atoms with Gasteiger partial charge in [-0.1, -0.05) is 70.1 Å². The van der Waals surface area contributed by atoms with E-state index in [0.717, 1.165) is 41.0 Å². The zero-order valence-corrected chi connectivity index (χ0v) is 18.8. The van der Waals surface area contributed by atoms with Crippen molar-refractivity contribution in [3.63, 3.8) is 0 Å². The van der Waals surface area contributed by atoms with Crippen molar-refractivity contribution in [3.05, 3.63) is 60.2 Å². The minimum Gasteiger partial charge on any atom is -0.494 e. The van der Waals surface area contributed by atoms with Gasteiger partial charge < -0.3 is 9.15 Å². The summed E-state index contributed by atoms with van der Waals surface area (Å²) in [5.41, 5.74) is 1.93. The van der Waals surface area contributed by atoms with Crippen LogP contribution in [0.2, 0.25) is 0 Å². The van der Waals surface area contributed by atoms with E-state index in [-0.39, 0.29) is 0 Å². The van der Waals surface area contributed by atoms with Gasteiger partial charge in [-0.15, -0.1) is 0 Å². The quantitative estimate of drug-likeness (QED) is 0.263. The first-order chi connectivity index (χ1) is 14.7. The second-order valence-corrected chi connectivity index (χ2v) is 8.25. The molecule has 30 heavy (non-hydrogen) atoms. The Bertz CT molecular complexity index is 982. The highest BCUT2D eigenvalue weighted by Crippen LogP contribution is 2.24. The van der Waals surface area contributed by atoms with Crippen LogP contribution in [0.1, 0.15) is 58.3 Å². The molecule has 0 radical (unpaired) electrons. The fraction of sp³-hybridized carbons (Fsp3) is 0.444. The van der Waals surface area contributed by atoms with Crippen LogP contribution in [0.5, 0.6) is 5.75 Å². The van der Waals surface area contributed by atoms with Crippen molar-refractivity contribution in [1.29, 1.82) is 0 Å². The Hall–Kier alpha value is -2.55. The Morgan fingerprint density at radius 2 is 1.47 bits per heavy atom. The van der Waals surface area contributed by atoms with Crippen molar-refractivity contribution >= 4 is 10.8 Å². The zero-order chi connectivity index (χ0) is 21.2. The van der Waals surface area contributed by atoms with E-state index in [1.165, 1.54) is 50.3 Å². The van der Waals surface area contributed by atoms with Gasteiger partial charge >= 0.3 is 5.55 Å². The predicted molar refractivity (Wildman–Crippen MR) is 127 cm³/mol. The van der Waals surface area contributed by atoms with Crippen molar-refractivity contribution in [2.45, 2.75) is 58.3 Å². The van der Waals surface area contributed by atoms with E-state index in [1.807, 2.05) is 36.9 Å². The Morgan fingerprint density at radius 3 is 2.17 bits per heavy atom. The average molecular weight is 407 g/mol. The van der Waals surface area contributed by atoms with Gasteiger partial charge in [0.15, 0.2) is 0 Å². The summed E-state index contributed by atoms with van der Waals surface area (Å²) >= 11 is 0. The van der Waals surface area contributed by atoms with Gasteiger partial charge in [0.2, 0.25) is 0 Å². The van der Waals surface area contributed by atoms with Crippen molar-refractivity contribution in [3.8, 4) is 17.1 Å². The highest BCUT2D eigenvalue weighted by atomic mass is 16.5. The van der Waals surface area contributed by atoms with Crippen molar-refractivity contribution in [2.24, 2.45) is 0 Å². The molecule has 1 aromatic heterocycles. The SMILES string of the molecule is CCCCCCCCCCOc1ccc(-c2cc3ccccc3c(=[N+](C)C)o2)cc1. The van der Waals surface area contributed by atoms with Crippen LogP contribution in [-0.2, 0) is 0 Å². The number of hydrogen-bond acceptors (Lipinski definition) is 2. The van der Waals surface area contributed by atoms with Gasteiger partial charge in [0.1, 0.15) is 25.6 Å². The lowest BCUT2D eigenvalue weighted by Crippen LogP contribution is -2.22. The highest BCUT2D eigenvalue weighted by Gasteiger charge is 2.09. The summed E-state index contributed by atoms with van der Waals surface area (Å²) in [6.45, 7) is 3.06. The second-order valence-electron chi connectivity index (χ2n) is 8.25. The van der Waals surface area contributed by atoms with Gasteiger partial charge in [-0.2, -0.15) is 0 Å². The first-order valence-electron chi connectivity index (χ1n) is 11.5. The minimum absolute atomic E-state index is 0.791. The molecule has 2 aromatic carbocycles. The molecule has 0 aliphatic rings. The summed E-state index contributed by atoms with van der Waals surface area (Å²) in [6.07, 6.45) is 10.5. The number of nitrogens with zero attached hydrogens (tertiary/aromatic N) is 1. The molecule has 0 fully saturated rings. The Labute approximate surface area is 181 Å². The number of rotatable bonds is 11. The standard InChI is InChI=1S/C27H36NO2/c1-4-5-6-7-8-9-10-13-20-29-24-18-16-22(17-19-24)26-21-23-14-11-12-15-25(23)27(30-26)28(2)3/h11-12,14-19,21H,4-10,13,20H2,1-3H3/q+1. The van der Waals surface area contributed by atoms with Gasteiger partial charge in [0.25, 0.3) is 0 Å². The monoisotopic (exact) mass is 406 g/mol. The molecular weight excluding hydrogens is 370 g/mol. The molecule has 0 bridgehead atoms. The van der Waals surface area contributed by atoms with Crippen molar-refractivity contribution < 1.29 is 9.15 Å². The normalized spacial score (nSPS) is 11.0. The van der Waals surface area contributed by atoms with Crippen LogP contribution in [0.15, 0.2) is 59.0 Å². The van der Waals surface area contributed by atoms with Gasteiger partial charge in [-0.3, -0.25) is 0 Å². The Kier molecular flexibility index (Phi) is 8.55. The molecule has 0 amide bonds. The summed E-state index contributed by atoms with van der Waals surface area (Å²) in [4.78, 5) is 0. The maximum absolute atomic E-state index is 6.22. The van der Waals surface area contributed by atoms with Crippen LogP contribution in [0.4, 0.5) is 0 Å². The first kappa shape index (κ1) is 22.1. The average Bonchev–Trinajstić information content (AvgIpc) is 2.77. The number of fused-ring (bicyclic) bond motifs is 1. The van der Waals surface area contributed by atoms with E-state index in [0.29, 0.717) is 0 Å². The summed E-state index contributed by atoms with van der Waals surface area (Å²) in [7, 11) is 4.02. The molecule has 3 heteroatoms. The molecule has 0 saturated heterocycles. The molecule has 0 saturated carbocycles. The first-order valence-corrected chi connectivity index (χ1v) is 11.5. The number of benzene rings is 2. The van der Waals surface area contributed by atoms with Crippen LogP contribution in [0.3, 0.4) is 0 Å². The third-order valence-corrected chi connectivity index (χ3v) is 5.50. The van der Waals surface area contributed by atoms with E-state index in [9.17, 15) is 0 Å². The molecule has 0 aliphatic heterocycles. The molecular formula is C27H36NO2+. The van der Waals surface area contributed by atoms with Crippen molar-refractivity contribution in [1.82, 2.24) is 4.58 Å². The van der Waals surface area contributed by atoms with Crippen LogP contribution >= 0.6 is 0 Å². The highest BCUT2D eigenvalue weighted by molar-refractivity contribution is 5.83. The molecule has 1 heterocycles. The van der Waals surface area contributed by atoms with Gasteiger partial charge in [-0.05, 0) is 48.2 Å². The zero-order valence-electron chi connectivity index (χ0n) is 18.8. The molecule has 0 atom stereocenters. The second kappa shape index (κ2) is 11.6. The third kappa shape index (κ3) is 6.22. The molecule has 0 aliphatic carbocycles. The van der Waals surface area contributed by atoms with Crippen LogP contribution in [0, 0.1) is 0 Å². The predicted octanol–water partition coefficient (Wildman–Crippen LogP) is 6.65. The summed E-state index contributed by atoms with van der Waals surface area (Å²) in [5.74, 6) is 1.79. The van der Waals surface area contributed by atoms with E-state index in [1.54, 1.807) is 0 Å². The smallest absolute Gasteiger partial charge is 0.375 e. The lowest BCUT2D eigenvalue weighted by Gasteiger charge is -2.08. The number of unbranched alkanes of at least 4 members (excludes halogenated alkanes) is 7. The van der Waals surface area contributed by atoms with Gasteiger partial charge in [0.05, 0.1) is 12.0 Å². The molecule has 0 spiro atoms. The number of hydrogen-bond donors (Lipinski definition) is 0. The van der Waals surface area contributed by atoms with E-state index in [2.05, 4.69) is 43.3 Å². The van der Waals surface area contributed by atoms with E-state index in [4.69, 9.17) is 9.15 Å². The molecule has 0 N–H and O–H groups in total. The fourth-order valence-corrected chi connectivity index (χ4v) is 3.76. The molecule has 160 valence electrons. The van der Waals surface area contributed by atoms with Gasteiger partial charge in [-0.25, -0.2) is 4.58 Å². The lowest BCUT2D eigenvalue weighted by molar-refractivity contribution is 0.304. The Morgan fingerprint density at radius 1 is 0.800 bits per heavy atom. The van der Waals surface area contributed by atoms with Crippen LogP contribution in [0.25, 0.3) is 22.1 Å². The maximum atomic E-state index is 6.22. The molecule has 3 aromatic rings. The maximum Gasteiger partial charge on any atom is 0.375 e. The van der Waals surface area contributed by atoms with Crippen LogP contribution in [-0.4, -0.2) is 20.7 Å². The van der Waals surface area contributed by atoms with Crippen molar-refractivity contribution in [2.75, 3.05) is 20.7 Å². The van der Waals surface area contributed by atoms with Crippen LogP contribution < -0.4 is 14.9 Å². The Balaban J connectivity index is 1.56. The molecule has 3 nitrogen and oxygen atoms in total. The third-order valence-electron chi connectivity index (χ3n) is 5.50. The molecule has 0 unspecified atom stereocenters. The molecule has 3 rings (SSSR count). The topological polar surface area (TPSA) is 25.4 Å². The van der Waals surface area contributed by atoms with Gasteiger partial charge in [0, 0.05) is 5.56 Å². The fourth-order valence-electron chi connectivity index (χ4n) is 3.76.